The molecule has 0 atom stereocenters. The zero-order chi connectivity index (χ0) is 66.7. The van der Waals surface area contributed by atoms with Crippen molar-refractivity contribution in [2.24, 2.45) is 0 Å². The lowest BCUT2D eigenvalue weighted by Crippen LogP contribution is -1.97. The third kappa shape index (κ3) is 9.60. The smallest absolute Gasteiger partial charge is 0.107 e. The normalized spacial score (nSPS) is 12.6. The van der Waals surface area contributed by atoms with Crippen LogP contribution in [-0.4, -0.2) is 13.7 Å². The first kappa shape index (κ1) is 58.5. The van der Waals surface area contributed by atoms with Gasteiger partial charge in [-0.1, -0.05) is 271 Å². The molecule has 0 saturated heterocycles. The van der Waals surface area contributed by atoms with Gasteiger partial charge < -0.3 is 13.7 Å². The number of allylic oxidation sites excluding steroid dienone is 6. The molecule has 0 saturated carbocycles. The minimum absolute atomic E-state index is 1.07. The van der Waals surface area contributed by atoms with Crippen LogP contribution in [0.3, 0.4) is 0 Å². The summed E-state index contributed by atoms with van der Waals surface area (Å²) in [7, 11) is 0. The molecule has 0 bridgehead atoms. The predicted octanol–water partition coefficient (Wildman–Crippen LogP) is 26.6. The number of halogens is 1. The minimum atomic E-state index is 1.07. The first-order valence-corrected chi connectivity index (χ1v) is 35.5. The molecule has 4 heteroatoms. The van der Waals surface area contributed by atoms with Gasteiger partial charge >= 0.3 is 0 Å². The molecule has 101 heavy (non-hydrogen) atoms. The van der Waals surface area contributed by atoms with Crippen molar-refractivity contribution in [3.05, 3.63) is 385 Å². The maximum Gasteiger partial charge on any atom is 0.107 e. The molecule has 0 amide bonds. The fourth-order valence-corrected chi connectivity index (χ4v) is 17.0. The Morgan fingerprint density at radius 2 is 0.584 bits per heavy atom. The van der Waals surface area contributed by atoms with E-state index in [-0.39, 0.29) is 0 Å². The van der Waals surface area contributed by atoms with Gasteiger partial charge in [0.15, 0.2) is 0 Å². The molecule has 20 aromatic rings. The van der Waals surface area contributed by atoms with Gasteiger partial charge in [0.25, 0.3) is 0 Å². The van der Waals surface area contributed by atoms with Crippen LogP contribution in [0, 0.1) is 6.08 Å². The van der Waals surface area contributed by atoms with Crippen molar-refractivity contribution in [2.75, 3.05) is 0 Å². The Morgan fingerprint density at radius 3 is 1.05 bits per heavy atom. The van der Waals surface area contributed by atoms with E-state index in [0.717, 1.165) is 28.0 Å². The number of fused-ring (bicyclic) bond motifs is 23. The molecule has 3 nitrogen and oxygen atoms in total. The first-order chi connectivity index (χ1) is 50.0. The van der Waals surface area contributed by atoms with Crippen molar-refractivity contribution in [1.29, 1.82) is 0 Å². The van der Waals surface area contributed by atoms with Crippen LogP contribution in [-0.2, 0) is 6.42 Å². The Balaban J connectivity index is 0.000000118. The van der Waals surface area contributed by atoms with Gasteiger partial charge in [-0.3, -0.25) is 0 Å². The maximum absolute atomic E-state index is 3.69. The number of aromatic nitrogens is 3. The third-order valence-corrected chi connectivity index (χ3v) is 21.6. The molecule has 0 radical (unpaired) electrons. The lowest BCUT2D eigenvalue weighted by molar-refractivity contribution is 1.15. The van der Waals surface area contributed by atoms with Crippen LogP contribution in [0.5, 0.6) is 0 Å². The molecule has 0 fully saturated rings. The molecule has 0 unspecified atom stereocenters. The van der Waals surface area contributed by atoms with Crippen LogP contribution in [0.4, 0.5) is 0 Å². The molecule has 3 heterocycles. The van der Waals surface area contributed by atoms with E-state index in [1.54, 1.807) is 0 Å². The summed E-state index contributed by atoms with van der Waals surface area (Å²) in [6.07, 6.45) is 10.4. The molecular formula is C97H61BrN3+. The number of hydrogen-bond acceptors (Lipinski definition) is 0. The summed E-state index contributed by atoms with van der Waals surface area (Å²) < 4.78 is 8.31. The molecule has 470 valence electrons. The van der Waals surface area contributed by atoms with E-state index >= 15 is 0 Å². The van der Waals surface area contributed by atoms with Crippen molar-refractivity contribution in [3.63, 3.8) is 0 Å². The molecule has 0 N–H and O–H groups in total. The fourth-order valence-electron chi connectivity index (χ4n) is 16.6. The second-order valence-corrected chi connectivity index (χ2v) is 27.6. The van der Waals surface area contributed by atoms with Gasteiger partial charge in [-0.15, -0.1) is 0 Å². The van der Waals surface area contributed by atoms with Crippen LogP contribution in [0.2, 0.25) is 0 Å². The second kappa shape index (κ2) is 23.8. The average Bonchev–Trinajstić information content (AvgIpc) is 1.71. The van der Waals surface area contributed by atoms with E-state index in [0.29, 0.717) is 0 Å². The Morgan fingerprint density at radius 1 is 0.248 bits per heavy atom. The molecule has 22 rings (SSSR count). The van der Waals surface area contributed by atoms with E-state index in [1.165, 1.54) is 175 Å². The van der Waals surface area contributed by atoms with Crippen LogP contribution in [0.1, 0.15) is 11.1 Å². The zero-order valence-electron chi connectivity index (χ0n) is 55.0. The summed E-state index contributed by atoms with van der Waals surface area (Å²) in [4.78, 5) is 0. The highest BCUT2D eigenvalue weighted by molar-refractivity contribution is 9.10. The number of benzene rings is 17. The van der Waals surface area contributed by atoms with Crippen LogP contribution < -0.4 is 0 Å². The lowest BCUT2D eigenvalue weighted by atomic mass is 9.92. The summed E-state index contributed by atoms with van der Waals surface area (Å²) in [5.41, 5.74) is 21.2. The first-order valence-electron chi connectivity index (χ1n) is 34.7. The van der Waals surface area contributed by atoms with Gasteiger partial charge in [-0.25, -0.2) is 0 Å². The highest BCUT2D eigenvalue weighted by Gasteiger charge is 2.26. The summed E-state index contributed by atoms with van der Waals surface area (Å²) in [6, 6.07) is 124. The molecule has 2 aliphatic rings. The largest absolute Gasteiger partial charge is 0.309 e. The molecule has 2 aliphatic carbocycles. The number of nitrogens with zero attached hydrogens (tertiary/aromatic N) is 3. The van der Waals surface area contributed by atoms with Crippen LogP contribution >= 0.6 is 15.9 Å². The van der Waals surface area contributed by atoms with E-state index in [4.69, 9.17) is 0 Å². The Bertz CT molecular complexity index is 6820. The molecule has 3 aromatic heterocycles. The quantitative estimate of drug-likeness (QED) is 0.121. The SMILES string of the molecule is Brc1ccc2c3ccccc3n(-c3cccc(-c4ccc5c6ccccc6c6ccccc6c5c4)c3)c2c1.[C+]1=CC2=C(C=C1)c1ccccc1C2.c1cc(-c2ccc3c4ccccc4c4ccccc4c3c2)cc(-n2c3ccccc3c3ccc(-n4c5ccccc5c5ccccc54)cc32)c1. The Hall–Kier alpha value is -12.7. The fraction of sp³-hybridized carbons (Fsp3) is 0.0103. The highest BCUT2D eigenvalue weighted by atomic mass is 79.9. The molecular weight excluding hydrogens is 1290 g/mol. The van der Waals surface area contributed by atoms with Crippen molar-refractivity contribution in [3.8, 4) is 39.3 Å². The monoisotopic (exact) mass is 1350 g/mol. The number of rotatable bonds is 5. The van der Waals surface area contributed by atoms with Crippen molar-refractivity contribution in [1.82, 2.24) is 13.7 Å². The van der Waals surface area contributed by atoms with Crippen LogP contribution in [0.25, 0.3) is 175 Å². The molecule has 0 aliphatic heterocycles. The van der Waals surface area contributed by atoms with E-state index < -0.39 is 0 Å². The summed E-state index contributed by atoms with van der Waals surface area (Å²) in [6.45, 7) is 0. The molecule has 0 spiro atoms. The van der Waals surface area contributed by atoms with E-state index in [2.05, 4.69) is 388 Å². The standard InChI is InChI=1S/C48H30N2.C36H22BrN.C13H9/c1-2-16-37-35(14-1)36-15-3-4-17-38(36)44-29-32(24-26-39(37)44)31-12-11-13-33(28-31)50-47-23-10-7-20-42(47)43-27-25-34(30-48(43)50)49-45-21-8-5-18-40(45)41-19-6-9-22-46(41)49;37-25-17-19-33-32-14-5-6-15-35(32)38(36(33)22-25)26-9-7-8-23(20-26)24-16-18-31-29-12-2-1-10-27(29)28-11-3-4-13-30(28)34(31)21-24;1-3-7-12-10(5-1)9-11-6-2-4-8-13(11)12/h1-30H;1-22H;1,3-8H,9H2/q;;+1. The number of hydrogen-bond donors (Lipinski definition) is 0. The van der Waals surface area contributed by atoms with Gasteiger partial charge in [0.2, 0.25) is 0 Å². The minimum Gasteiger partial charge on any atom is -0.309 e. The van der Waals surface area contributed by atoms with Crippen molar-refractivity contribution in [2.45, 2.75) is 6.42 Å². The lowest BCUT2D eigenvalue weighted by Gasteiger charge is -2.14. The van der Waals surface area contributed by atoms with Crippen molar-refractivity contribution < 1.29 is 0 Å². The molecule has 17 aromatic carbocycles. The second-order valence-electron chi connectivity index (χ2n) is 26.7. The highest BCUT2D eigenvalue weighted by Crippen LogP contribution is 2.43. The van der Waals surface area contributed by atoms with Gasteiger partial charge in [0, 0.05) is 71.9 Å². The summed E-state index contributed by atoms with van der Waals surface area (Å²) in [5.74, 6) is 0. The van der Waals surface area contributed by atoms with Gasteiger partial charge in [-0.2, -0.15) is 0 Å². The maximum atomic E-state index is 3.69. The van der Waals surface area contributed by atoms with Crippen LogP contribution in [0.15, 0.2) is 368 Å². The zero-order valence-corrected chi connectivity index (χ0v) is 56.6. The number of para-hydroxylation sites is 4. The van der Waals surface area contributed by atoms with E-state index in [1.807, 2.05) is 6.08 Å². The van der Waals surface area contributed by atoms with Gasteiger partial charge in [0.1, 0.15) is 12.2 Å². The van der Waals surface area contributed by atoms with Crippen molar-refractivity contribution >= 4 is 152 Å². The average molecular weight is 1350 g/mol. The Kier molecular flexibility index (Phi) is 13.8. The topological polar surface area (TPSA) is 14.8 Å². The third-order valence-electron chi connectivity index (χ3n) is 21.1. The van der Waals surface area contributed by atoms with Gasteiger partial charge in [0.05, 0.1) is 50.3 Å². The van der Waals surface area contributed by atoms with E-state index in [9.17, 15) is 0 Å². The Labute approximate surface area is 592 Å². The predicted molar refractivity (Wildman–Crippen MR) is 434 cm³/mol. The van der Waals surface area contributed by atoms with Gasteiger partial charge in [-0.05, 0) is 177 Å². The summed E-state index contributed by atoms with van der Waals surface area (Å²) >= 11 is 3.69. The summed E-state index contributed by atoms with van der Waals surface area (Å²) in [5, 5.41) is 23.1.